The lowest BCUT2D eigenvalue weighted by Crippen LogP contribution is -2.18. The third-order valence-corrected chi connectivity index (χ3v) is 4.02. The molecule has 0 atom stereocenters. The first-order chi connectivity index (χ1) is 11.5. The molecule has 4 nitrogen and oxygen atoms in total. The van der Waals surface area contributed by atoms with E-state index in [1.54, 1.807) is 30.3 Å². The molecule has 2 aromatic carbocycles. The van der Waals surface area contributed by atoms with Crippen LogP contribution >= 0.6 is 34.8 Å². The van der Waals surface area contributed by atoms with Crippen LogP contribution in [0.15, 0.2) is 59.1 Å². The van der Waals surface area contributed by atoms with Gasteiger partial charge in [-0.05, 0) is 30.3 Å². The molecule has 1 aromatic heterocycles. The van der Waals surface area contributed by atoms with Gasteiger partial charge in [0.2, 0.25) is 0 Å². The predicted octanol–water partition coefficient (Wildman–Crippen LogP) is 5.40. The fourth-order valence-corrected chi connectivity index (χ4v) is 2.46. The number of anilines is 1. The molecule has 7 heteroatoms. The lowest BCUT2D eigenvalue weighted by molar-refractivity contribution is -0.114. The summed E-state index contributed by atoms with van der Waals surface area (Å²) in [5.74, 6) is 0.113. The van der Waals surface area contributed by atoms with Gasteiger partial charge < -0.3 is 9.84 Å². The van der Waals surface area contributed by atoms with Gasteiger partial charge in [0.1, 0.15) is 5.69 Å². The predicted molar refractivity (Wildman–Crippen MR) is 96.5 cm³/mol. The third-order valence-electron chi connectivity index (χ3n) is 3.30. The summed E-state index contributed by atoms with van der Waals surface area (Å²) in [4.78, 5) is 10.3. The van der Waals surface area contributed by atoms with Crippen molar-refractivity contribution in [1.29, 1.82) is 0 Å². The first-order valence-corrected chi connectivity index (χ1v) is 8.21. The van der Waals surface area contributed by atoms with Gasteiger partial charge in [0.15, 0.2) is 10.6 Å². The zero-order valence-electron chi connectivity index (χ0n) is 12.2. The minimum atomic E-state index is -1.11. The van der Waals surface area contributed by atoms with E-state index in [1.807, 2.05) is 24.3 Å². The summed E-state index contributed by atoms with van der Waals surface area (Å²) in [5, 5.41) is 7.25. The number of hydrogen-bond acceptors (Lipinski definition) is 3. The van der Waals surface area contributed by atoms with E-state index in [1.165, 1.54) is 0 Å². The van der Waals surface area contributed by atoms with Crippen LogP contribution in [0.5, 0.6) is 0 Å². The Morgan fingerprint density at radius 1 is 1.08 bits per heavy atom. The molecule has 24 heavy (non-hydrogen) atoms. The molecule has 0 saturated heterocycles. The van der Waals surface area contributed by atoms with Crippen LogP contribution in [0.25, 0.3) is 22.6 Å². The van der Waals surface area contributed by atoms with Gasteiger partial charge in [-0.3, -0.25) is 4.79 Å². The first kappa shape index (κ1) is 16.8. The number of aromatic nitrogens is 1. The maximum absolute atomic E-state index is 11.4. The van der Waals surface area contributed by atoms with E-state index in [4.69, 9.17) is 39.3 Å². The standard InChI is InChI=1S/C17H11Cl3N2O2/c18-13-4-2-1-3-12(13)14-9-15(24-22-14)10-5-7-11(8-6-10)21-17(23)16(19)20/h1-9,16H,(H,21,23). The van der Waals surface area contributed by atoms with Crippen LogP contribution in [-0.4, -0.2) is 15.9 Å². The maximum Gasteiger partial charge on any atom is 0.257 e. The second-order valence-corrected chi connectivity index (χ2v) is 6.43. The van der Waals surface area contributed by atoms with Gasteiger partial charge in [-0.1, -0.05) is 58.2 Å². The molecule has 3 rings (SSSR count). The SMILES string of the molecule is O=C(Nc1ccc(-c2cc(-c3ccccc3Cl)no2)cc1)C(Cl)Cl. The molecule has 1 amide bonds. The highest BCUT2D eigenvalue weighted by Crippen LogP contribution is 2.30. The summed E-state index contributed by atoms with van der Waals surface area (Å²) < 4.78 is 5.38. The molecule has 122 valence electrons. The molecule has 1 heterocycles. The number of carbonyl (C=O) groups is 1. The Labute approximate surface area is 153 Å². The van der Waals surface area contributed by atoms with E-state index < -0.39 is 10.7 Å². The molecular weight excluding hydrogens is 371 g/mol. The summed E-state index contributed by atoms with van der Waals surface area (Å²) in [6, 6.07) is 16.2. The fourth-order valence-electron chi connectivity index (χ4n) is 2.12. The van der Waals surface area contributed by atoms with Crippen molar-refractivity contribution in [1.82, 2.24) is 5.16 Å². The lowest BCUT2D eigenvalue weighted by Gasteiger charge is -2.05. The summed E-state index contributed by atoms with van der Waals surface area (Å²) >= 11 is 17.2. The van der Waals surface area contributed by atoms with Crippen LogP contribution in [0.3, 0.4) is 0 Å². The Bertz CT molecular complexity index is 860. The molecule has 3 aromatic rings. The Morgan fingerprint density at radius 3 is 2.46 bits per heavy atom. The first-order valence-electron chi connectivity index (χ1n) is 6.95. The van der Waals surface area contributed by atoms with E-state index in [0.717, 1.165) is 11.1 Å². The quantitative estimate of drug-likeness (QED) is 0.615. The number of carbonyl (C=O) groups excluding carboxylic acids is 1. The molecule has 0 aliphatic rings. The largest absolute Gasteiger partial charge is 0.356 e. The van der Waals surface area contributed by atoms with Crippen LogP contribution in [0.1, 0.15) is 0 Å². The highest BCUT2D eigenvalue weighted by molar-refractivity contribution is 6.54. The Hall–Kier alpha value is -2.01. The topological polar surface area (TPSA) is 55.1 Å². The van der Waals surface area contributed by atoms with Crippen molar-refractivity contribution < 1.29 is 9.32 Å². The average molecular weight is 382 g/mol. The summed E-state index contributed by atoms with van der Waals surface area (Å²) in [6.45, 7) is 0. The zero-order valence-corrected chi connectivity index (χ0v) is 14.4. The van der Waals surface area contributed by atoms with Crippen LogP contribution in [0, 0.1) is 0 Å². The second kappa shape index (κ2) is 7.26. The number of benzene rings is 2. The van der Waals surface area contributed by atoms with E-state index in [2.05, 4.69) is 10.5 Å². The van der Waals surface area contributed by atoms with Crippen LogP contribution in [0.4, 0.5) is 5.69 Å². The van der Waals surface area contributed by atoms with Crippen molar-refractivity contribution >= 4 is 46.4 Å². The normalized spacial score (nSPS) is 10.8. The van der Waals surface area contributed by atoms with Gasteiger partial charge in [0.25, 0.3) is 5.91 Å². The fraction of sp³-hybridized carbons (Fsp3) is 0.0588. The van der Waals surface area contributed by atoms with Crippen molar-refractivity contribution in [3.05, 3.63) is 59.6 Å². The van der Waals surface area contributed by atoms with Crippen molar-refractivity contribution in [3.8, 4) is 22.6 Å². The number of nitrogens with zero attached hydrogens (tertiary/aromatic N) is 1. The van der Waals surface area contributed by atoms with E-state index >= 15 is 0 Å². The van der Waals surface area contributed by atoms with Gasteiger partial charge in [-0.25, -0.2) is 0 Å². The third kappa shape index (κ3) is 3.73. The van der Waals surface area contributed by atoms with Crippen molar-refractivity contribution in [2.75, 3.05) is 5.32 Å². The smallest absolute Gasteiger partial charge is 0.257 e. The number of amides is 1. The highest BCUT2D eigenvalue weighted by atomic mass is 35.5. The molecule has 0 aliphatic carbocycles. The van der Waals surface area contributed by atoms with Crippen molar-refractivity contribution in [2.45, 2.75) is 4.84 Å². The second-order valence-electron chi connectivity index (χ2n) is 4.92. The van der Waals surface area contributed by atoms with E-state index in [0.29, 0.717) is 22.2 Å². The molecule has 0 unspecified atom stereocenters. The Kier molecular flexibility index (Phi) is 5.09. The van der Waals surface area contributed by atoms with Gasteiger partial charge in [-0.15, -0.1) is 0 Å². The van der Waals surface area contributed by atoms with Crippen LogP contribution in [-0.2, 0) is 4.79 Å². The maximum atomic E-state index is 11.4. The number of halogens is 3. The molecular formula is C17H11Cl3N2O2. The van der Waals surface area contributed by atoms with Gasteiger partial charge in [0, 0.05) is 22.9 Å². The molecule has 0 aliphatic heterocycles. The van der Waals surface area contributed by atoms with Crippen molar-refractivity contribution in [2.24, 2.45) is 0 Å². The van der Waals surface area contributed by atoms with E-state index in [-0.39, 0.29) is 0 Å². The number of rotatable bonds is 4. The van der Waals surface area contributed by atoms with Gasteiger partial charge >= 0.3 is 0 Å². The monoisotopic (exact) mass is 380 g/mol. The number of hydrogen-bond donors (Lipinski definition) is 1. The highest BCUT2D eigenvalue weighted by Gasteiger charge is 2.13. The number of nitrogens with one attached hydrogen (secondary N) is 1. The summed E-state index contributed by atoms with van der Waals surface area (Å²) in [6.07, 6.45) is 0. The summed E-state index contributed by atoms with van der Waals surface area (Å²) in [7, 11) is 0. The van der Waals surface area contributed by atoms with Gasteiger partial charge in [0.05, 0.1) is 5.02 Å². The minimum Gasteiger partial charge on any atom is -0.356 e. The number of alkyl halides is 2. The molecule has 0 bridgehead atoms. The van der Waals surface area contributed by atoms with E-state index in [9.17, 15) is 4.79 Å². The molecule has 0 radical (unpaired) electrons. The van der Waals surface area contributed by atoms with Crippen LogP contribution in [0.2, 0.25) is 5.02 Å². The lowest BCUT2D eigenvalue weighted by atomic mass is 10.1. The Balaban J connectivity index is 1.81. The average Bonchev–Trinajstić information content (AvgIpc) is 3.05. The Morgan fingerprint density at radius 2 is 1.79 bits per heavy atom. The van der Waals surface area contributed by atoms with Gasteiger partial charge in [-0.2, -0.15) is 0 Å². The molecule has 0 fully saturated rings. The summed E-state index contributed by atoms with van der Waals surface area (Å²) in [5.41, 5.74) is 2.85. The van der Waals surface area contributed by atoms with Crippen molar-refractivity contribution in [3.63, 3.8) is 0 Å². The zero-order chi connectivity index (χ0) is 17.1. The molecule has 0 spiro atoms. The molecule has 0 saturated carbocycles. The minimum absolute atomic E-state index is 0.480. The molecule has 1 N–H and O–H groups in total. The van der Waals surface area contributed by atoms with Crippen LogP contribution < -0.4 is 5.32 Å².